The van der Waals surface area contributed by atoms with Gasteiger partial charge in [0.1, 0.15) is 5.82 Å². The van der Waals surface area contributed by atoms with Crippen molar-refractivity contribution in [1.82, 2.24) is 10.2 Å². The van der Waals surface area contributed by atoms with Gasteiger partial charge in [-0.2, -0.15) is 0 Å². The first-order valence-electron chi connectivity index (χ1n) is 10.2. The Balaban J connectivity index is 1.25. The predicted molar refractivity (Wildman–Crippen MR) is 111 cm³/mol. The molecule has 4 nitrogen and oxygen atoms in total. The molecule has 0 aromatic heterocycles. The van der Waals surface area contributed by atoms with Crippen molar-refractivity contribution in [3.63, 3.8) is 0 Å². The number of hydrogen-bond acceptors (Lipinski definition) is 2. The minimum atomic E-state index is -0.847. The van der Waals surface area contributed by atoms with E-state index in [-0.39, 0.29) is 17.8 Å². The van der Waals surface area contributed by atoms with Gasteiger partial charge in [-0.1, -0.05) is 18.2 Å². The van der Waals surface area contributed by atoms with Crippen LogP contribution in [-0.2, 0) is 0 Å². The summed E-state index contributed by atoms with van der Waals surface area (Å²) in [6.07, 6.45) is 3.62. The Kier molecular flexibility index (Phi) is 5.97. The van der Waals surface area contributed by atoms with Crippen molar-refractivity contribution in [2.45, 2.75) is 12.8 Å². The van der Waals surface area contributed by atoms with E-state index >= 15 is 0 Å². The van der Waals surface area contributed by atoms with Gasteiger partial charge in [-0.3, -0.25) is 0 Å². The Bertz CT molecular complexity index is 945. The molecule has 1 unspecified atom stereocenters. The maximum Gasteiger partial charge on any atom is 0.317 e. The molecule has 2 aliphatic rings. The van der Waals surface area contributed by atoms with Gasteiger partial charge in [0.05, 0.1) is 0 Å². The van der Waals surface area contributed by atoms with E-state index in [0.717, 1.165) is 36.6 Å². The highest BCUT2D eigenvalue weighted by Gasteiger charge is 2.25. The number of halogens is 3. The molecule has 158 valence electrons. The van der Waals surface area contributed by atoms with Gasteiger partial charge in [0.2, 0.25) is 0 Å². The molecule has 0 aliphatic carbocycles. The lowest BCUT2D eigenvalue weighted by atomic mass is 10.00. The van der Waals surface area contributed by atoms with Gasteiger partial charge in [-0.05, 0) is 54.2 Å². The van der Waals surface area contributed by atoms with E-state index in [4.69, 9.17) is 0 Å². The zero-order chi connectivity index (χ0) is 21.1. The molecule has 2 amide bonds. The van der Waals surface area contributed by atoms with Crippen LogP contribution in [0.15, 0.2) is 48.5 Å². The lowest BCUT2D eigenvalue weighted by Gasteiger charge is -2.27. The average molecular weight is 415 g/mol. The van der Waals surface area contributed by atoms with Gasteiger partial charge in [0, 0.05) is 44.5 Å². The largest absolute Gasteiger partial charge is 0.371 e. The third-order valence-corrected chi connectivity index (χ3v) is 5.81. The van der Waals surface area contributed by atoms with Crippen molar-refractivity contribution in [3.05, 3.63) is 71.6 Å². The topological polar surface area (TPSA) is 35.6 Å². The SMILES string of the molecule is O=C(NCC1CCN(c2ccc(F)c(F)c2)C1)N1CC=C(c2ccc(F)cc2)CC1. The molecule has 0 spiro atoms. The van der Waals surface area contributed by atoms with Crippen molar-refractivity contribution < 1.29 is 18.0 Å². The normalized spacial score (nSPS) is 19.0. The van der Waals surface area contributed by atoms with Gasteiger partial charge in [0.15, 0.2) is 11.6 Å². The molecule has 2 heterocycles. The Morgan fingerprint density at radius 2 is 1.83 bits per heavy atom. The van der Waals surface area contributed by atoms with Gasteiger partial charge in [-0.15, -0.1) is 0 Å². The number of benzene rings is 2. The minimum absolute atomic E-state index is 0.101. The molecule has 2 aromatic rings. The second kappa shape index (κ2) is 8.81. The predicted octanol–water partition coefficient (Wildman–Crippen LogP) is 4.43. The molecule has 0 radical (unpaired) electrons. The standard InChI is InChI=1S/C23H24F3N3O/c24-19-3-1-17(2-4-19)18-8-11-28(12-9-18)23(30)27-14-16-7-10-29(15-16)20-5-6-21(25)22(26)13-20/h1-6,8,13,16H,7,9-12,14-15H2,(H,27,30). The first kappa shape index (κ1) is 20.3. The van der Waals surface area contributed by atoms with E-state index in [1.807, 2.05) is 11.0 Å². The third kappa shape index (κ3) is 4.61. The fourth-order valence-electron chi connectivity index (χ4n) is 4.04. The highest BCUT2D eigenvalue weighted by Crippen LogP contribution is 2.25. The van der Waals surface area contributed by atoms with Crippen molar-refractivity contribution >= 4 is 17.3 Å². The number of nitrogens with one attached hydrogen (secondary N) is 1. The Hall–Kier alpha value is -2.96. The number of amides is 2. The summed E-state index contributed by atoms with van der Waals surface area (Å²) in [6.45, 7) is 3.12. The van der Waals surface area contributed by atoms with Gasteiger partial charge < -0.3 is 15.1 Å². The van der Waals surface area contributed by atoms with E-state index in [0.29, 0.717) is 31.9 Å². The molecule has 7 heteroatoms. The first-order chi connectivity index (χ1) is 14.5. The molecule has 0 saturated carbocycles. The molecule has 1 N–H and O–H groups in total. The van der Waals surface area contributed by atoms with Gasteiger partial charge in [-0.25, -0.2) is 18.0 Å². The lowest BCUT2D eigenvalue weighted by Crippen LogP contribution is -2.44. The Labute approximate surface area is 174 Å². The zero-order valence-corrected chi connectivity index (χ0v) is 16.6. The van der Waals surface area contributed by atoms with Crippen LogP contribution >= 0.6 is 0 Å². The molecular formula is C23H24F3N3O. The molecule has 4 rings (SSSR count). The molecular weight excluding hydrogens is 391 g/mol. The summed E-state index contributed by atoms with van der Waals surface area (Å²) in [6, 6.07) is 10.2. The number of carbonyl (C=O) groups excluding carboxylic acids is 1. The smallest absolute Gasteiger partial charge is 0.317 e. The molecule has 1 atom stereocenters. The zero-order valence-electron chi connectivity index (χ0n) is 16.6. The monoisotopic (exact) mass is 415 g/mol. The second-order valence-corrected chi connectivity index (χ2v) is 7.82. The Morgan fingerprint density at radius 3 is 2.53 bits per heavy atom. The van der Waals surface area contributed by atoms with Crippen LogP contribution in [0.4, 0.5) is 23.7 Å². The van der Waals surface area contributed by atoms with E-state index in [1.165, 1.54) is 18.2 Å². The average Bonchev–Trinajstić information content (AvgIpc) is 3.24. The van der Waals surface area contributed by atoms with Crippen molar-refractivity contribution in [3.8, 4) is 0 Å². The van der Waals surface area contributed by atoms with E-state index in [1.54, 1.807) is 23.1 Å². The fraction of sp³-hybridized carbons (Fsp3) is 0.348. The molecule has 1 saturated heterocycles. The summed E-state index contributed by atoms with van der Waals surface area (Å²) in [5, 5.41) is 3.00. The Morgan fingerprint density at radius 1 is 1.03 bits per heavy atom. The van der Waals surface area contributed by atoms with Crippen LogP contribution in [-0.4, -0.2) is 43.7 Å². The van der Waals surface area contributed by atoms with Crippen LogP contribution in [0.25, 0.3) is 5.57 Å². The van der Waals surface area contributed by atoms with E-state index in [9.17, 15) is 18.0 Å². The quantitative estimate of drug-likeness (QED) is 0.802. The number of nitrogens with zero attached hydrogens (tertiary/aromatic N) is 2. The first-order valence-corrected chi connectivity index (χ1v) is 10.2. The van der Waals surface area contributed by atoms with Gasteiger partial charge in [0.25, 0.3) is 0 Å². The molecule has 2 aromatic carbocycles. The summed E-state index contributed by atoms with van der Waals surface area (Å²) in [5.74, 6) is -1.69. The fourth-order valence-corrected chi connectivity index (χ4v) is 4.04. The van der Waals surface area contributed by atoms with E-state index < -0.39 is 11.6 Å². The third-order valence-electron chi connectivity index (χ3n) is 5.81. The second-order valence-electron chi connectivity index (χ2n) is 7.82. The maximum absolute atomic E-state index is 13.5. The van der Waals surface area contributed by atoms with Crippen molar-refractivity contribution in [1.29, 1.82) is 0 Å². The highest BCUT2D eigenvalue weighted by atomic mass is 19.2. The minimum Gasteiger partial charge on any atom is -0.371 e. The van der Waals surface area contributed by atoms with E-state index in [2.05, 4.69) is 5.32 Å². The van der Waals surface area contributed by atoms with Crippen LogP contribution < -0.4 is 10.2 Å². The maximum atomic E-state index is 13.5. The number of rotatable bonds is 4. The van der Waals surface area contributed by atoms with Crippen LogP contribution in [0.3, 0.4) is 0 Å². The highest BCUT2D eigenvalue weighted by molar-refractivity contribution is 5.76. The molecule has 2 aliphatic heterocycles. The number of anilines is 1. The van der Waals surface area contributed by atoms with Crippen molar-refractivity contribution in [2.75, 3.05) is 37.6 Å². The number of carbonyl (C=O) groups is 1. The van der Waals surface area contributed by atoms with Crippen LogP contribution in [0, 0.1) is 23.4 Å². The van der Waals surface area contributed by atoms with Crippen molar-refractivity contribution in [2.24, 2.45) is 5.92 Å². The summed E-state index contributed by atoms with van der Waals surface area (Å²) in [5.41, 5.74) is 2.77. The lowest BCUT2D eigenvalue weighted by molar-refractivity contribution is 0.201. The van der Waals surface area contributed by atoms with Gasteiger partial charge >= 0.3 is 6.03 Å². The summed E-state index contributed by atoms with van der Waals surface area (Å²) in [7, 11) is 0. The molecule has 30 heavy (non-hydrogen) atoms. The molecule has 0 bridgehead atoms. The number of hydrogen-bond donors (Lipinski definition) is 1. The van der Waals surface area contributed by atoms with Crippen LogP contribution in [0.1, 0.15) is 18.4 Å². The summed E-state index contributed by atoms with van der Waals surface area (Å²) in [4.78, 5) is 16.3. The number of urea groups is 1. The van der Waals surface area contributed by atoms with Crippen LogP contribution in [0.5, 0.6) is 0 Å². The van der Waals surface area contributed by atoms with Crippen LogP contribution in [0.2, 0.25) is 0 Å². The summed E-state index contributed by atoms with van der Waals surface area (Å²) >= 11 is 0. The molecule has 1 fully saturated rings. The summed E-state index contributed by atoms with van der Waals surface area (Å²) < 4.78 is 39.7.